The summed E-state index contributed by atoms with van der Waals surface area (Å²) in [5.41, 5.74) is 4.59. The van der Waals surface area contributed by atoms with E-state index in [2.05, 4.69) is 25.9 Å². The van der Waals surface area contributed by atoms with E-state index in [1.807, 2.05) is 6.07 Å². The van der Waals surface area contributed by atoms with Crippen molar-refractivity contribution in [3.05, 3.63) is 16.5 Å². The van der Waals surface area contributed by atoms with E-state index in [9.17, 15) is 20.6 Å². The van der Waals surface area contributed by atoms with Crippen LogP contribution in [0.4, 0.5) is 5.82 Å². The van der Waals surface area contributed by atoms with Crippen molar-refractivity contribution in [2.75, 3.05) is 12.3 Å². The number of aliphatic hydroxyl groups is 3. The third-order valence-electron chi connectivity index (χ3n) is 4.03. The summed E-state index contributed by atoms with van der Waals surface area (Å²) in [7, 11) is 0. The number of fused-ring (bicyclic) bond motifs is 1. The van der Waals surface area contributed by atoms with Gasteiger partial charge in [0.1, 0.15) is 46.3 Å². The predicted molar refractivity (Wildman–Crippen MR) is 82.0 cm³/mol. The van der Waals surface area contributed by atoms with Crippen LogP contribution in [0.2, 0.25) is 0 Å². The first kappa shape index (κ1) is 16.1. The molecule has 4 atom stereocenters. The summed E-state index contributed by atoms with van der Waals surface area (Å²) in [6.45, 7) is 0.916. The Bertz CT molecular complexity index is 815. The molecule has 10 heteroatoms. The molecular weight excluding hydrogens is 370 g/mol. The molecule has 0 spiro atoms. The van der Waals surface area contributed by atoms with Gasteiger partial charge in [-0.15, -0.1) is 0 Å². The Morgan fingerprint density at radius 3 is 2.83 bits per heavy atom. The van der Waals surface area contributed by atoms with Crippen molar-refractivity contribution >= 4 is 32.8 Å². The lowest BCUT2D eigenvalue weighted by atomic mass is 9.96. The molecule has 0 unspecified atom stereocenters. The molecule has 0 bridgehead atoms. The molecule has 2 aromatic heterocycles. The second-order valence-electron chi connectivity index (χ2n) is 5.49. The van der Waals surface area contributed by atoms with E-state index < -0.39 is 30.6 Å². The van der Waals surface area contributed by atoms with Crippen LogP contribution in [0.3, 0.4) is 0 Å². The molecule has 0 amide bonds. The number of nitrogen functional groups attached to an aromatic ring is 1. The summed E-state index contributed by atoms with van der Waals surface area (Å²) in [6, 6.07) is 2.01. The number of nitrogens with two attached hydrogens (primary N) is 1. The van der Waals surface area contributed by atoms with Crippen LogP contribution in [0, 0.1) is 11.3 Å². The highest BCUT2D eigenvalue weighted by Crippen LogP contribution is 2.43. The zero-order chi connectivity index (χ0) is 16.9. The summed E-state index contributed by atoms with van der Waals surface area (Å²) in [5, 5.41) is 39.8. The molecule has 3 heterocycles. The van der Waals surface area contributed by atoms with Gasteiger partial charge in [-0.1, -0.05) is 0 Å². The van der Waals surface area contributed by atoms with Crippen molar-refractivity contribution in [2.45, 2.75) is 31.0 Å². The van der Waals surface area contributed by atoms with Gasteiger partial charge in [0.25, 0.3) is 0 Å². The highest BCUT2D eigenvalue weighted by Gasteiger charge is 2.53. The van der Waals surface area contributed by atoms with Crippen molar-refractivity contribution in [2.24, 2.45) is 0 Å². The Hall–Kier alpha value is -1.77. The molecule has 3 rings (SSSR count). The van der Waals surface area contributed by atoms with Gasteiger partial charge in [-0.3, -0.25) is 4.57 Å². The van der Waals surface area contributed by atoms with Crippen LogP contribution in [0.1, 0.15) is 18.7 Å². The number of hydrogen-bond acceptors (Lipinski definition) is 8. The average molecular weight is 384 g/mol. The molecule has 0 radical (unpaired) electrons. The quantitative estimate of drug-likeness (QED) is 0.549. The molecule has 0 aliphatic carbocycles. The zero-order valence-electron chi connectivity index (χ0n) is 12.0. The largest absolute Gasteiger partial charge is 0.394 e. The van der Waals surface area contributed by atoms with Crippen molar-refractivity contribution in [3.63, 3.8) is 0 Å². The van der Waals surface area contributed by atoms with Crippen LogP contribution < -0.4 is 5.73 Å². The summed E-state index contributed by atoms with van der Waals surface area (Å²) in [5.74, 6) is 0.114. The topological polar surface area (TPSA) is 150 Å². The standard InChI is InChI=1S/C13H14BrN5O4/c1-13(22)8(21)6(3-20)23-12(13)19-9(14)5(2-15)7-10(16)17-4-18-11(7)19/h4,6,8,12,20-22H,3H2,1H3,(H2,16,17,18)/t6-,8-,12-,13-/m1/s1. The molecule has 2 aromatic rings. The van der Waals surface area contributed by atoms with E-state index in [0.29, 0.717) is 9.99 Å². The fourth-order valence-electron chi connectivity index (χ4n) is 2.81. The van der Waals surface area contributed by atoms with Crippen LogP contribution in [0.25, 0.3) is 11.0 Å². The molecule has 1 aliphatic rings. The fourth-order valence-corrected chi connectivity index (χ4v) is 3.45. The Labute approximate surface area is 139 Å². The van der Waals surface area contributed by atoms with Crippen LogP contribution in [-0.2, 0) is 4.74 Å². The number of anilines is 1. The molecule has 122 valence electrons. The maximum Gasteiger partial charge on any atom is 0.168 e. The minimum atomic E-state index is -1.71. The van der Waals surface area contributed by atoms with Gasteiger partial charge in [-0.05, 0) is 22.9 Å². The molecular formula is C13H14BrN5O4. The van der Waals surface area contributed by atoms with Crippen molar-refractivity contribution in [3.8, 4) is 6.07 Å². The monoisotopic (exact) mass is 383 g/mol. The smallest absolute Gasteiger partial charge is 0.168 e. The van der Waals surface area contributed by atoms with E-state index in [1.165, 1.54) is 17.8 Å². The van der Waals surface area contributed by atoms with Gasteiger partial charge in [-0.25, -0.2) is 9.97 Å². The van der Waals surface area contributed by atoms with E-state index in [4.69, 9.17) is 10.5 Å². The molecule has 1 saturated heterocycles. The lowest BCUT2D eigenvalue weighted by Gasteiger charge is -2.28. The molecule has 1 fully saturated rings. The Kier molecular flexibility index (Phi) is 3.78. The van der Waals surface area contributed by atoms with Gasteiger partial charge < -0.3 is 25.8 Å². The zero-order valence-corrected chi connectivity index (χ0v) is 13.6. The number of hydrogen-bond donors (Lipinski definition) is 4. The maximum absolute atomic E-state index is 10.6. The van der Waals surface area contributed by atoms with Crippen molar-refractivity contribution in [1.29, 1.82) is 5.26 Å². The molecule has 1 aliphatic heterocycles. The van der Waals surface area contributed by atoms with E-state index >= 15 is 0 Å². The van der Waals surface area contributed by atoms with E-state index in [1.54, 1.807) is 0 Å². The fraction of sp³-hybridized carbons (Fsp3) is 0.462. The van der Waals surface area contributed by atoms with Crippen LogP contribution in [0.15, 0.2) is 10.9 Å². The first-order chi connectivity index (χ1) is 10.8. The number of aromatic nitrogens is 3. The first-order valence-electron chi connectivity index (χ1n) is 6.71. The van der Waals surface area contributed by atoms with Gasteiger partial charge >= 0.3 is 0 Å². The van der Waals surface area contributed by atoms with Crippen LogP contribution >= 0.6 is 15.9 Å². The Balaban J connectivity index is 2.28. The number of nitriles is 1. The van der Waals surface area contributed by atoms with Gasteiger partial charge in [0.2, 0.25) is 0 Å². The number of aliphatic hydroxyl groups excluding tert-OH is 2. The minimum absolute atomic E-state index is 0.114. The molecule has 0 aromatic carbocycles. The Morgan fingerprint density at radius 1 is 1.57 bits per heavy atom. The number of ether oxygens (including phenoxy) is 1. The average Bonchev–Trinajstić information content (AvgIpc) is 2.92. The second kappa shape index (κ2) is 5.40. The van der Waals surface area contributed by atoms with Crippen molar-refractivity contribution in [1.82, 2.24) is 14.5 Å². The number of halogens is 1. The highest BCUT2D eigenvalue weighted by atomic mass is 79.9. The van der Waals surface area contributed by atoms with Crippen LogP contribution in [-0.4, -0.2) is 54.3 Å². The Morgan fingerprint density at radius 2 is 2.26 bits per heavy atom. The number of rotatable bonds is 2. The van der Waals surface area contributed by atoms with Gasteiger partial charge in [0.05, 0.1) is 17.6 Å². The number of nitrogens with zero attached hydrogens (tertiary/aromatic N) is 4. The molecule has 23 heavy (non-hydrogen) atoms. The third kappa shape index (κ3) is 2.13. The second-order valence-corrected chi connectivity index (χ2v) is 6.24. The lowest BCUT2D eigenvalue weighted by molar-refractivity contribution is -0.0957. The van der Waals surface area contributed by atoms with E-state index in [-0.39, 0.29) is 17.0 Å². The summed E-state index contributed by atoms with van der Waals surface area (Å²) in [4.78, 5) is 7.98. The van der Waals surface area contributed by atoms with Gasteiger partial charge in [0.15, 0.2) is 6.23 Å². The first-order valence-corrected chi connectivity index (χ1v) is 7.50. The predicted octanol–water partition coefficient (Wildman–Crippen LogP) is -0.351. The SMILES string of the molecule is C[C@@]1(O)[C@H](O)[C@@H](CO)O[C@H]1n1c(Br)c(C#N)c2c(N)ncnc21. The lowest BCUT2D eigenvalue weighted by Crippen LogP contribution is -2.44. The molecule has 9 nitrogen and oxygen atoms in total. The minimum Gasteiger partial charge on any atom is -0.394 e. The molecule has 0 saturated carbocycles. The third-order valence-corrected chi connectivity index (χ3v) is 4.81. The normalized spacial score (nSPS) is 30.7. The summed E-state index contributed by atoms with van der Waals surface area (Å²) < 4.78 is 7.29. The highest BCUT2D eigenvalue weighted by molar-refractivity contribution is 9.10. The van der Waals surface area contributed by atoms with Gasteiger partial charge in [-0.2, -0.15) is 5.26 Å². The van der Waals surface area contributed by atoms with Gasteiger partial charge in [0, 0.05) is 0 Å². The van der Waals surface area contributed by atoms with E-state index in [0.717, 1.165) is 0 Å². The molecule has 5 N–H and O–H groups in total. The summed E-state index contributed by atoms with van der Waals surface area (Å²) >= 11 is 3.29. The van der Waals surface area contributed by atoms with Crippen molar-refractivity contribution < 1.29 is 20.1 Å². The summed E-state index contributed by atoms with van der Waals surface area (Å²) in [6.07, 6.45) is -2.13. The van der Waals surface area contributed by atoms with Crippen LogP contribution in [0.5, 0.6) is 0 Å². The maximum atomic E-state index is 10.6.